The normalized spacial score (nSPS) is 11.1. The van der Waals surface area contributed by atoms with Crippen LogP contribution in [0.2, 0.25) is 0 Å². The molecule has 0 aromatic heterocycles. The molecule has 0 saturated heterocycles. The molecule has 0 bridgehead atoms. The van der Waals surface area contributed by atoms with Crippen molar-refractivity contribution in [1.82, 2.24) is 5.06 Å². The minimum Gasteiger partial charge on any atom is -0.396 e. The molecular formula is C26H33NO4S. The minimum atomic E-state index is -3.75. The van der Waals surface area contributed by atoms with Crippen molar-refractivity contribution >= 4 is 10.1 Å². The summed E-state index contributed by atoms with van der Waals surface area (Å²) >= 11 is 0. The molecule has 3 aromatic carbocycles. The second-order valence-electron chi connectivity index (χ2n) is 7.60. The summed E-state index contributed by atoms with van der Waals surface area (Å²) in [7, 11) is -2.11. The molecule has 0 aliphatic heterocycles. The third-order valence-electron chi connectivity index (χ3n) is 4.78. The van der Waals surface area contributed by atoms with Gasteiger partial charge in [-0.15, -0.1) is 0 Å². The number of benzene rings is 3. The fourth-order valence-electron chi connectivity index (χ4n) is 3.03. The van der Waals surface area contributed by atoms with Crippen molar-refractivity contribution in [3.8, 4) is 0 Å². The number of aliphatic hydroxyl groups is 1. The van der Waals surface area contributed by atoms with Crippen LogP contribution in [0.25, 0.3) is 0 Å². The Bertz CT molecular complexity index is 991. The fraction of sp³-hybridized carbons (Fsp3) is 0.308. The van der Waals surface area contributed by atoms with Crippen molar-refractivity contribution < 1.29 is 17.8 Å². The van der Waals surface area contributed by atoms with E-state index in [2.05, 4.69) is 24.3 Å². The standard InChI is InChI=1S/C17H21NO3S.C9H12O/c1-15-10-12-17(13-11-15)22(19,20)21-18(2)14-6-9-16-7-4-3-5-8-16;10-8-4-7-9-5-2-1-3-6-9/h3-5,7-8,10-13H,6,9,14H2,1-2H3;1-3,5-6,10H,4,7-8H2. The van der Waals surface area contributed by atoms with E-state index in [0.717, 1.165) is 31.2 Å². The smallest absolute Gasteiger partial charge is 0.313 e. The molecule has 0 spiro atoms. The zero-order valence-electron chi connectivity index (χ0n) is 18.9. The summed E-state index contributed by atoms with van der Waals surface area (Å²) in [4.78, 5) is 0.174. The van der Waals surface area contributed by atoms with E-state index in [9.17, 15) is 8.42 Å². The molecule has 3 aromatic rings. The molecule has 0 radical (unpaired) electrons. The number of rotatable bonds is 10. The molecule has 3 rings (SSSR count). The second-order valence-corrected chi connectivity index (χ2v) is 9.12. The quantitative estimate of drug-likeness (QED) is 0.445. The number of aliphatic hydroxyl groups excluding tert-OH is 1. The maximum absolute atomic E-state index is 12.1. The average Bonchev–Trinajstić information content (AvgIpc) is 2.79. The summed E-state index contributed by atoms with van der Waals surface area (Å²) in [6, 6.07) is 26.9. The summed E-state index contributed by atoms with van der Waals surface area (Å²) in [5, 5.41) is 9.90. The molecule has 0 saturated carbocycles. The average molecular weight is 456 g/mol. The Kier molecular flexibility index (Phi) is 11.1. The molecule has 6 heteroatoms. The number of aryl methyl sites for hydroxylation is 3. The predicted octanol–water partition coefficient (Wildman–Crippen LogP) is 4.79. The van der Waals surface area contributed by atoms with E-state index < -0.39 is 10.1 Å². The number of nitrogens with zero attached hydrogens (tertiary/aromatic N) is 1. The lowest BCUT2D eigenvalue weighted by Gasteiger charge is -2.16. The van der Waals surface area contributed by atoms with E-state index in [-0.39, 0.29) is 11.5 Å². The molecule has 172 valence electrons. The Labute approximate surface area is 192 Å². The first kappa shape index (κ1) is 25.7. The third-order valence-corrected chi connectivity index (χ3v) is 6.08. The largest absolute Gasteiger partial charge is 0.396 e. The van der Waals surface area contributed by atoms with Crippen molar-refractivity contribution in [2.45, 2.75) is 37.5 Å². The van der Waals surface area contributed by atoms with Crippen LogP contribution in [0.4, 0.5) is 0 Å². The Morgan fingerprint density at radius 2 is 1.28 bits per heavy atom. The summed E-state index contributed by atoms with van der Waals surface area (Å²) in [5.41, 5.74) is 3.55. The molecule has 0 atom stereocenters. The summed E-state index contributed by atoms with van der Waals surface area (Å²) in [6.45, 7) is 2.74. The van der Waals surface area contributed by atoms with E-state index >= 15 is 0 Å². The van der Waals surface area contributed by atoms with Crippen LogP contribution in [0.3, 0.4) is 0 Å². The predicted molar refractivity (Wildman–Crippen MR) is 129 cm³/mol. The molecule has 32 heavy (non-hydrogen) atoms. The van der Waals surface area contributed by atoms with E-state index in [1.54, 1.807) is 31.3 Å². The first-order valence-electron chi connectivity index (χ1n) is 10.8. The van der Waals surface area contributed by atoms with Gasteiger partial charge in [0.1, 0.15) is 0 Å². The highest BCUT2D eigenvalue weighted by atomic mass is 32.2. The van der Waals surface area contributed by atoms with Gasteiger partial charge in [-0.05, 0) is 55.9 Å². The maximum Gasteiger partial charge on any atom is 0.313 e. The van der Waals surface area contributed by atoms with Crippen LogP contribution < -0.4 is 0 Å². The Balaban J connectivity index is 0.000000303. The van der Waals surface area contributed by atoms with Gasteiger partial charge in [0, 0.05) is 20.2 Å². The van der Waals surface area contributed by atoms with E-state index in [4.69, 9.17) is 9.39 Å². The van der Waals surface area contributed by atoms with Gasteiger partial charge in [-0.3, -0.25) is 0 Å². The fourth-order valence-corrected chi connectivity index (χ4v) is 4.00. The highest BCUT2D eigenvalue weighted by Crippen LogP contribution is 2.14. The lowest BCUT2D eigenvalue weighted by Crippen LogP contribution is -2.24. The van der Waals surface area contributed by atoms with Crippen LogP contribution in [0.5, 0.6) is 0 Å². The third kappa shape index (κ3) is 9.75. The Morgan fingerprint density at radius 1 is 0.781 bits per heavy atom. The van der Waals surface area contributed by atoms with Gasteiger partial charge in [0.15, 0.2) is 0 Å². The van der Waals surface area contributed by atoms with Crippen LogP contribution in [0, 0.1) is 6.92 Å². The summed E-state index contributed by atoms with van der Waals surface area (Å²) in [6.07, 6.45) is 3.56. The number of hydroxylamine groups is 2. The SMILES string of the molecule is Cc1ccc(S(=O)(=O)ON(C)CCCc2ccccc2)cc1.OCCCc1ccccc1. The van der Waals surface area contributed by atoms with Crippen LogP contribution >= 0.6 is 0 Å². The van der Waals surface area contributed by atoms with Crippen LogP contribution in [0.1, 0.15) is 29.5 Å². The van der Waals surface area contributed by atoms with Crippen molar-refractivity contribution in [3.05, 3.63) is 102 Å². The Morgan fingerprint density at radius 3 is 1.78 bits per heavy atom. The van der Waals surface area contributed by atoms with Gasteiger partial charge in [0.2, 0.25) is 0 Å². The van der Waals surface area contributed by atoms with Crippen molar-refractivity contribution in [2.75, 3.05) is 20.2 Å². The van der Waals surface area contributed by atoms with Gasteiger partial charge in [-0.25, -0.2) is 0 Å². The minimum absolute atomic E-state index is 0.174. The first-order chi connectivity index (χ1) is 15.4. The van der Waals surface area contributed by atoms with Crippen LogP contribution in [-0.4, -0.2) is 38.8 Å². The molecule has 0 aliphatic rings. The first-order valence-corrected chi connectivity index (χ1v) is 12.2. The van der Waals surface area contributed by atoms with Crippen LogP contribution in [0.15, 0.2) is 89.8 Å². The molecule has 0 heterocycles. The molecule has 0 fully saturated rings. The van der Waals surface area contributed by atoms with E-state index in [1.807, 2.05) is 43.3 Å². The van der Waals surface area contributed by atoms with Crippen LogP contribution in [-0.2, 0) is 27.2 Å². The second kappa shape index (κ2) is 13.8. The van der Waals surface area contributed by atoms with Crippen molar-refractivity contribution in [1.29, 1.82) is 0 Å². The molecule has 5 nitrogen and oxygen atoms in total. The van der Waals surface area contributed by atoms with Gasteiger partial charge in [-0.1, -0.05) is 78.4 Å². The monoisotopic (exact) mass is 455 g/mol. The molecule has 0 unspecified atom stereocenters. The molecule has 1 N–H and O–H groups in total. The van der Waals surface area contributed by atoms with E-state index in [0.29, 0.717) is 6.54 Å². The number of hydrogen-bond acceptors (Lipinski definition) is 5. The van der Waals surface area contributed by atoms with Gasteiger partial charge in [0.25, 0.3) is 0 Å². The lowest BCUT2D eigenvalue weighted by molar-refractivity contribution is -0.0245. The molecule has 0 aliphatic carbocycles. The van der Waals surface area contributed by atoms with Gasteiger partial charge in [0.05, 0.1) is 4.90 Å². The van der Waals surface area contributed by atoms with Crippen molar-refractivity contribution in [2.24, 2.45) is 0 Å². The zero-order chi connectivity index (χ0) is 23.2. The van der Waals surface area contributed by atoms with Gasteiger partial charge < -0.3 is 5.11 Å². The topological polar surface area (TPSA) is 66.8 Å². The Hall–Kier alpha value is -2.51. The molecule has 0 amide bonds. The molecular weight excluding hydrogens is 422 g/mol. The van der Waals surface area contributed by atoms with Gasteiger partial charge >= 0.3 is 10.1 Å². The highest BCUT2D eigenvalue weighted by Gasteiger charge is 2.17. The number of hydrogen-bond donors (Lipinski definition) is 1. The van der Waals surface area contributed by atoms with Crippen molar-refractivity contribution in [3.63, 3.8) is 0 Å². The van der Waals surface area contributed by atoms with E-state index in [1.165, 1.54) is 16.2 Å². The maximum atomic E-state index is 12.1. The lowest BCUT2D eigenvalue weighted by atomic mass is 10.1. The summed E-state index contributed by atoms with van der Waals surface area (Å²) < 4.78 is 29.4. The highest BCUT2D eigenvalue weighted by molar-refractivity contribution is 7.86. The zero-order valence-corrected chi connectivity index (χ0v) is 19.7. The summed E-state index contributed by atoms with van der Waals surface area (Å²) in [5.74, 6) is 0. The van der Waals surface area contributed by atoms with Gasteiger partial charge in [-0.2, -0.15) is 17.8 Å².